The third kappa shape index (κ3) is 3.25. The van der Waals surface area contributed by atoms with Gasteiger partial charge in [-0.3, -0.25) is 0 Å². The van der Waals surface area contributed by atoms with Crippen LogP contribution in [-0.2, 0) is 0 Å². The van der Waals surface area contributed by atoms with Crippen molar-refractivity contribution in [3.05, 3.63) is 29.3 Å². The van der Waals surface area contributed by atoms with Crippen molar-refractivity contribution in [2.45, 2.75) is 13.8 Å². The molecule has 0 aliphatic carbocycles. The first-order valence-electron chi connectivity index (χ1n) is 4.78. The van der Waals surface area contributed by atoms with Crippen LogP contribution in [0.25, 0.3) is 0 Å². The van der Waals surface area contributed by atoms with Crippen LogP contribution in [0, 0.1) is 13.8 Å². The van der Waals surface area contributed by atoms with Crippen molar-refractivity contribution in [2.24, 2.45) is 0 Å². The van der Waals surface area contributed by atoms with Crippen molar-refractivity contribution in [1.82, 2.24) is 5.32 Å². The molecule has 0 saturated carbocycles. The van der Waals surface area contributed by atoms with Crippen LogP contribution in [0.5, 0.6) is 5.75 Å². The Hall–Kier alpha value is -1.55. The van der Waals surface area contributed by atoms with E-state index >= 15 is 0 Å². The van der Waals surface area contributed by atoms with Gasteiger partial charge in [0.1, 0.15) is 5.75 Å². The van der Waals surface area contributed by atoms with Crippen LogP contribution < -0.4 is 10.1 Å². The van der Waals surface area contributed by atoms with E-state index in [-0.39, 0.29) is 13.2 Å². The summed E-state index contributed by atoms with van der Waals surface area (Å²) in [6, 6.07) is 5.66. The zero-order valence-corrected chi connectivity index (χ0v) is 8.91. The van der Waals surface area contributed by atoms with Gasteiger partial charge in [-0.15, -0.1) is 0 Å². The molecule has 1 rings (SSSR count). The van der Waals surface area contributed by atoms with Gasteiger partial charge in [0.05, 0.1) is 6.61 Å². The van der Waals surface area contributed by atoms with Crippen LogP contribution in [0.2, 0.25) is 0 Å². The molecule has 1 amide bonds. The summed E-state index contributed by atoms with van der Waals surface area (Å²) < 4.78 is 5.12. The van der Waals surface area contributed by atoms with E-state index in [1.54, 1.807) is 0 Å². The number of hydrogen-bond donors (Lipinski definition) is 2. The fourth-order valence-corrected chi connectivity index (χ4v) is 1.25. The first-order chi connectivity index (χ1) is 7.15. The van der Waals surface area contributed by atoms with Crippen molar-refractivity contribution >= 4 is 6.09 Å². The van der Waals surface area contributed by atoms with Gasteiger partial charge in [-0.05, 0) is 25.0 Å². The minimum absolute atomic E-state index is 0.0954. The van der Waals surface area contributed by atoms with Gasteiger partial charge in [0.2, 0.25) is 0 Å². The molecule has 82 valence electrons. The normalized spacial score (nSPS) is 9.80. The maximum atomic E-state index is 11.2. The Kier molecular flexibility index (Phi) is 4.12. The Bertz CT molecular complexity index is 329. The number of benzene rings is 1. The summed E-state index contributed by atoms with van der Waals surface area (Å²) in [5.74, 6) is 0.577. The van der Waals surface area contributed by atoms with Gasteiger partial charge in [-0.2, -0.15) is 0 Å². The summed E-state index contributed by atoms with van der Waals surface area (Å²) in [5, 5.41) is 10.9. The Morgan fingerprint density at radius 2 is 2.00 bits per heavy atom. The fraction of sp³-hybridized carbons (Fsp3) is 0.364. The number of amides is 1. The molecule has 0 bridgehead atoms. The van der Waals surface area contributed by atoms with Gasteiger partial charge in [0.15, 0.2) is 0 Å². The summed E-state index contributed by atoms with van der Waals surface area (Å²) in [5.41, 5.74) is 1.82. The van der Waals surface area contributed by atoms with Crippen LogP contribution in [0.3, 0.4) is 0 Å². The quantitative estimate of drug-likeness (QED) is 0.790. The SMILES string of the molecule is Cc1cccc(C)c1OC(=O)NCCO. The molecule has 0 spiro atoms. The topological polar surface area (TPSA) is 58.6 Å². The lowest BCUT2D eigenvalue weighted by Crippen LogP contribution is -2.29. The molecule has 15 heavy (non-hydrogen) atoms. The van der Waals surface area contributed by atoms with Gasteiger partial charge in [0, 0.05) is 6.54 Å². The number of aliphatic hydroxyl groups excluding tert-OH is 1. The zero-order valence-electron chi connectivity index (χ0n) is 8.91. The van der Waals surface area contributed by atoms with Gasteiger partial charge in [-0.1, -0.05) is 18.2 Å². The third-order valence-corrected chi connectivity index (χ3v) is 1.98. The molecular formula is C11H15NO3. The first-order valence-corrected chi connectivity index (χ1v) is 4.78. The molecule has 1 aromatic rings. The Balaban J connectivity index is 2.68. The molecule has 2 N–H and O–H groups in total. The largest absolute Gasteiger partial charge is 0.412 e. The second-order valence-electron chi connectivity index (χ2n) is 3.26. The molecule has 4 nitrogen and oxygen atoms in total. The highest BCUT2D eigenvalue weighted by Gasteiger charge is 2.08. The predicted molar refractivity (Wildman–Crippen MR) is 57.0 cm³/mol. The van der Waals surface area contributed by atoms with E-state index in [0.29, 0.717) is 5.75 Å². The Morgan fingerprint density at radius 3 is 2.53 bits per heavy atom. The van der Waals surface area contributed by atoms with Crippen molar-refractivity contribution in [1.29, 1.82) is 0 Å². The molecule has 0 aliphatic heterocycles. The smallest absolute Gasteiger partial charge is 0.410 e. The number of rotatable bonds is 3. The highest BCUT2D eigenvalue weighted by molar-refractivity contribution is 5.71. The molecule has 0 radical (unpaired) electrons. The summed E-state index contributed by atoms with van der Waals surface area (Å²) in [7, 11) is 0. The average molecular weight is 209 g/mol. The van der Waals surface area contributed by atoms with Crippen molar-refractivity contribution in [3.8, 4) is 5.75 Å². The highest BCUT2D eigenvalue weighted by Crippen LogP contribution is 2.22. The van der Waals surface area contributed by atoms with E-state index < -0.39 is 6.09 Å². The number of aliphatic hydroxyl groups is 1. The van der Waals surface area contributed by atoms with Crippen LogP contribution in [0.4, 0.5) is 4.79 Å². The van der Waals surface area contributed by atoms with E-state index in [4.69, 9.17) is 9.84 Å². The molecule has 1 aromatic carbocycles. The number of aryl methyl sites for hydroxylation is 2. The van der Waals surface area contributed by atoms with Crippen LogP contribution in [0.1, 0.15) is 11.1 Å². The van der Waals surface area contributed by atoms with E-state index in [9.17, 15) is 4.79 Å². The van der Waals surface area contributed by atoms with Gasteiger partial charge >= 0.3 is 6.09 Å². The minimum Gasteiger partial charge on any atom is -0.410 e. The summed E-state index contributed by atoms with van der Waals surface area (Å²) >= 11 is 0. The minimum atomic E-state index is -0.540. The number of ether oxygens (including phenoxy) is 1. The lowest BCUT2D eigenvalue weighted by Gasteiger charge is -2.10. The average Bonchev–Trinajstić information content (AvgIpc) is 2.21. The molecule has 0 fully saturated rings. The highest BCUT2D eigenvalue weighted by atomic mass is 16.6. The maximum Gasteiger partial charge on any atom is 0.412 e. The van der Waals surface area contributed by atoms with Gasteiger partial charge in [-0.25, -0.2) is 4.79 Å². The molecule has 0 atom stereocenters. The predicted octanol–water partition coefficient (Wildman–Crippen LogP) is 1.38. The number of hydrogen-bond acceptors (Lipinski definition) is 3. The summed E-state index contributed by atoms with van der Waals surface area (Å²) in [6.07, 6.45) is -0.540. The molecule has 0 aromatic heterocycles. The van der Waals surface area contributed by atoms with Gasteiger partial charge in [0.25, 0.3) is 0 Å². The molecule has 4 heteroatoms. The van der Waals surface area contributed by atoms with Crippen LogP contribution >= 0.6 is 0 Å². The number of nitrogens with one attached hydrogen (secondary N) is 1. The van der Waals surface area contributed by atoms with Crippen molar-refractivity contribution < 1.29 is 14.6 Å². The molecule has 0 aliphatic rings. The number of carbonyl (C=O) groups is 1. The standard InChI is InChI=1S/C11H15NO3/c1-8-4-3-5-9(2)10(8)15-11(14)12-6-7-13/h3-5,13H,6-7H2,1-2H3,(H,12,14). The molecule has 0 heterocycles. The molecule has 0 unspecified atom stereocenters. The Labute approximate surface area is 88.9 Å². The second-order valence-corrected chi connectivity index (χ2v) is 3.26. The lowest BCUT2D eigenvalue weighted by atomic mass is 10.1. The van der Waals surface area contributed by atoms with Crippen LogP contribution in [-0.4, -0.2) is 24.4 Å². The summed E-state index contributed by atoms with van der Waals surface area (Å²) in [6.45, 7) is 3.86. The van der Waals surface area contributed by atoms with Crippen molar-refractivity contribution in [2.75, 3.05) is 13.2 Å². The third-order valence-electron chi connectivity index (χ3n) is 1.98. The lowest BCUT2D eigenvalue weighted by molar-refractivity contribution is 0.195. The zero-order chi connectivity index (χ0) is 11.3. The van der Waals surface area contributed by atoms with E-state index in [0.717, 1.165) is 11.1 Å². The first kappa shape index (κ1) is 11.5. The van der Waals surface area contributed by atoms with E-state index in [1.165, 1.54) is 0 Å². The van der Waals surface area contributed by atoms with E-state index in [1.807, 2.05) is 32.0 Å². The van der Waals surface area contributed by atoms with Crippen molar-refractivity contribution in [3.63, 3.8) is 0 Å². The molecule has 0 saturated heterocycles. The van der Waals surface area contributed by atoms with Crippen LogP contribution in [0.15, 0.2) is 18.2 Å². The summed E-state index contributed by atoms with van der Waals surface area (Å²) in [4.78, 5) is 11.2. The second kappa shape index (κ2) is 5.36. The Morgan fingerprint density at radius 1 is 1.40 bits per heavy atom. The van der Waals surface area contributed by atoms with E-state index in [2.05, 4.69) is 5.32 Å². The van der Waals surface area contributed by atoms with Gasteiger partial charge < -0.3 is 15.2 Å². The maximum absolute atomic E-state index is 11.2. The monoisotopic (exact) mass is 209 g/mol. The number of carbonyl (C=O) groups excluding carboxylic acids is 1. The number of para-hydroxylation sites is 1. The fourth-order valence-electron chi connectivity index (χ4n) is 1.25. The molecular weight excluding hydrogens is 194 g/mol.